The van der Waals surface area contributed by atoms with E-state index in [1.54, 1.807) is 6.20 Å². The van der Waals surface area contributed by atoms with E-state index in [0.29, 0.717) is 0 Å². The van der Waals surface area contributed by atoms with Gasteiger partial charge < -0.3 is 0 Å². The Labute approximate surface area is 123 Å². The molecule has 1 aliphatic rings. The largest absolute Gasteiger partial charge is 0.293 e. The van der Waals surface area contributed by atoms with Gasteiger partial charge in [-0.1, -0.05) is 48.5 Å². The van der Waals surface area contributed by atoms with Gasteiger partial charge in [-0.15, -0.1) is 0 Å². The summed E-state index contributed by atoms with van der Waals surface area (Å²) in [4.78, 5) is 17.5. The van der Waals surface area contributed by atoms with Crippen LogP contribution >= 0.6 is 0 Å². The second-order valence-corrected chi connectivity index (χ2v) is 5.66. The van der Waals surface area contributed by atoms with Crippen molar-refractivity contribution in [3.63, 3.8) is 0 Å². The molecular formula is C19H15NO. The van der Waals surface area contributed by atoms with E-state index in [-0.39, 0.29) is 11.2 Å². The highest BCUT2D eigenvalue weighted by Crippen LogP contribution is 2.50. The summed E-state index contributed by atoms with van der Waals surface area (Å²) in [6.45, 7) is 0. The van der Waals surface area contributed by atoms with Crippen molar-refractivity contribution in [2.75, 3.05) is 0 Å². The molecule has 0 amide bonds. The van der Waals surface area contributed by atoms with Crippen LogP contribution in [0.1, 0.15) is 28.8 Å². The fourth-order valence-electron chi connectivity index (χ4n) is 3.07. The van der Waals surface area contributed by atoms with E-state index < -0.39 is 0 Å². The van der Waals surface area contributed by atoms with Gasteiger partial charge in [-0.3, -0.25) is 9.78 Å². The minimum Gasteiger partial charge on any atom is -0.293 e. The molecule has 1 saturated carbocycles. The van der Waals surface area contributed by atoms with Crippen LogP contribution < -0.4 is 0 Å². The van der Waals surface area contributed by atoms with Crippen molar-refractivity contribution in [3.05, 3.63) is 78.0 Å². The summed E-state index contributed by atoms with van der Waals surface area (Å²) in [6.07, 6.45) is 3.61. The fourth-order valence-corrected chi connectivity index (χ4v) is 3.07. The normalized spacial score (nSPS) is 15.8. The van der Waals surface area contributed by atoms with Crippen molar-refractivity contribution >= 4 is 16.7 Å². The molecule has 0 bridgehead atoms. The van der Waals surface area contributed by atoms with Crippen LogP contribution in [0.25, 0.3) is 10.9 Å². The Kier molecular flexibility index (Phi) is 2.64. The molecule has 4 rings (SSSR count). The number of nitrogens with zero attached hydrogens (tertiary/aromatic N) is 1. The third-order valence-electron chi connectivity index (χ3n) is 4.39. The third kappa shape index (κ3) is 1.87. The van der Waals surface area contributed by atoms with Crippen LogP contribution in [0.5, 0.6) is 0 Å². The van der Waals surface area contributed by atoms with Gasteiger partial charge in [-0.05, 0) is 30.5 Å². The van der Waals surface area contributed by atoms with E-state index in [1.165, 1.54) is 0 Å². The second-order valence-electron chi connectivity index (χ2n) is 5.66. The minimum absolute atomic E-state index is 0.206. The molecule has 21 heavy (non-hydrogen) atoms. The van der Waals surface area contributed by atoms with E-state index in [2.05, 4.69) is 17.1 Å². The quantitative estimate of drug-likeness (QED) is 0.671. The summed E-state index contributed by atoms with van der Waals surface area (Å²) >= 11 is 0. The van der Waals surface area contributed by atoms with E-state index in [9.17, 15) is 4.79 Å². The minimum atomic E-state index is -0.326. The van der Waals surface area contributed by atoms with Gasteiger partial charge in [-0.25, -0.2) is 0 Å². The van der Waals surface area contributed by atoms with E-state index in [1.807, 2.05) is 48.5 Å². The molecule has 0 saturated heterocycles. The molecule has 2 aromatic carbocycles. The number of fused-ring (bicyclic) bond motifs is 1. The number of carbonyl (C=O) groups excluding carboxylic acids is 1. The van der Waals surface area contributed by atoms with Crippen molar-refractivity contribution in [2.45, 2.75) is 18.3 Å². The van der Waals surface area contributed by atoms with Gasteiger partial charge in [0, 0.05) is 17.1 Å². The van der Waals surface area contributed by atoms with Crippen molar-refractivity contribution < 1.29 is 4.79 Å². The van der Waals surface area contributed by atoms with Gasteiger partial charge in [0.25, 0.3) is 0 Å². The van der Waals surface area contributed by atoms with Gasteiger partial charge in [0.05, 0.1) is 10.9 Å². The second kappa shape index (κ2) is 4.52. The monoisotopic (exact) mass is 273 g/mol. The zero-order chi connectivity index (χ0) is 14.3. The maximum absolute atomic E-state index is 13.1. The standard InChI is InChI=1S/C19H15NO/c21-18(19(11-12-19)15-8-2-1-3-9-15)16-10-4-6-14-7-5-13-20-17(14)16/h1-10,13H,11-12H2. The highest BCUT2D eigenvalue weighted by Gasteiger charge is 2.51. The van der Waals surface area contributed by atoms with Crippen LogP contribution in [0.15, 0.2) is 66.9 Å². The zero-order valence-corrected chi connectivity index (χ0v) is 11.6. The van der Waals surface area contributed by atoms with Crippen LogP contribution in [0.4, 0.5) is 0 Å². The molecule has 2 nitrogen and oxygen atoms in total. The molecule has 102 valence electrons. The van der Waals surface area contributed by atoms with E-state index >= 15 is 0 Å². The van der Waals surface area contributed by atoms with Crippen LogP contribution in [-0.2, 0) is 5.41 Å². The first-order chi connectivity index (χ1) is 10.3. The summed E-state index contributed by atoms with van der Waals surface area (Å²) in [5.41, 5.74) is 2.36. The highest BCUT2D eigenvalue weighted by atomic mass is 16.1. The molecule has 1 aliphatic carbocycles. The lowest BCUT2D eigenvalue weighted by atomic mass is 9.87. The molecule has 1 fully saturated rings. The Hall–Kier alpha value is -2.48. The number of ketones is 1. The lowest BCUT2D eigenvalue weighted by Crippen LogP contribution is -2.21. The third-order valence-corrected chi connectivity index (χ3v) is 4.39. The van der Waals surface area contributed by atoms with Crippen LogP contribution in [0.3, 0.4) is 0 Å². The number of hydrogen-bond acceptors (Lipinski definition) is 2. The average Bonchev–Trinajstić information content (AvgIpc) is 3.36. The summed E-state index contributed by atoms with van der Waals surface area (Å²) < 4.78 is 0. The van der Waals surface area contributed by atoms with E-state index in [4.69, 9.17) is 0 Å². The molecule has 0 aliphatic heterocycles. The lowest BCUT2D eigenvalue weighted by molar-refractivity contribution is 0.0947. The number of carbonyl (C=O) groups is 1. The zero-order valence-electron chi connectivity index (χ0n) is 11.6. The average molecular weight is 273 g/mol. The molecule has 0 unspecified atom stereocenters. The molecule has 3 aromatic rings. The molecule has 0 N–H and O–H groups in total. The SMILES string of the molecule is O=C(c1cccc2cccnc12)C1(c2ccccc2)CC1. The summed E-state index contributed by atoms with van der Waals surface area (Å²) in [5.74, 6) is 0.206. The molecule has 0 spiro atoms. The van der Waals surface area contributed by atoms with Gasteiger partial charge in [0.1, 0.15) is 0 Å². The highest BCUT2D eigenvalue weighted by molar-refractivity contribution is 6.13. The van der Waals surface area contributed by atoms with Gasteiger partial charge in [0.15, 0.2) is 5.78 Å². The van der Waals surface area contributed by atoms with Crippen molar-refractivity contribution in [2.24, 2.45) is 0 Å². The van der Waals surface area contributed by atoms with Gasteiger partial charge in [0.2, 0.25) is 0 Å². The van der Waals surface area contributed by atoms with Crippen molar-refractivity contribution in [3.8, 4) is 0 Å². The fraction of sp³-hybridized carbons (Fsp3) is 0.158. The number of Topliss-reactive ketones (excluding diaryl/α,β-unsaturated/α-hetero) is 1. The number of rotatable bonds is 3. The number of benzene rings is 2. The Bertz CT molecular complexity index is 814. The predicted molar refractivity (Wildman–Crippen MR) is 83.4 cm³/mol. The maximum atomic E-state index is 13.1. The Morgan fingerprint density at radius 3 is 2.43 bits per heavy atom. The Morgan fingerprint density at radius 1 is 0.905 bits per heavy atom. The first kappa shape index (κ1) is 12.3. The topological polar surface area (TPSA) is 30.0 Å². The Morgan fingerprint density at radius 2 is 1.67 bits per heavy atom. The summed E-state index contributed by atoms with van der Waals surface area (Å²) in [5, 5.41) is 1.02. The predicted octanol–water partition coefficient (Wildman–Crippen LogP) is 4.15. The molecule has 0 atom stereocenters. The van der Waals surface area contributed by atoms with E-state index in [0.717, 1.165) is 34.9 Å². The molecular weight excluding hydrogens is 258 g/mol. The maximum Gasteiger partial charge on any atom is 0.175 e. The first-order valence-corrected chi connectivity index (χ1v) is 7.25. The van der Waals surface area contributed by atoms with Gasteiger partial charge in [-0.2, -0.15) is 0 Å². The number of hydrogen-bond donors (Lipinski definition) is 0. The number of aromatic nitrogens is 1. The van der Waals surface area contributed by atoms with Crippen LogP contribution in [0.2, 0.25) is 0 Å². The molecule has 1 aromatic heterocycles. The smallest absolute Gasteiger partial charge is 0.175 e. The molecule has 1 heterocycles. The van der Waals surface area contributed by atoms with Crippen molar-refractivity contribution in [1.29, 1.82) is 0 Å². The molecule has 2 heteroatoms. The van der Waals surface area contributed by atoms with Crippen molar-refractivity contribution in [1.82, 2.24) is 4.98 Å². The first-order valence-electron chi connectivity index (χ1n) is 7.25. The summed E-state index contributed by atoms with van der Waals surface area (Å²) in [7, 11) is 0. The number of para-hydroxylation sites is 1. The van der Waals surface area contributed by atoms with Crippen LogP contribution in [-0.4, -0.2) is 10.8 Å². The lowest BCUT2D eigenvalue weighted by Gasteiger charge is -2.15. The molecule has 0 radical (unpaired) electrons. The number of pyridine rings is 1. The Balaban J connectivity index is 1.85. The summed E-state index contributed by atoms with van der Waals surface area (Å²) in [6, 6.07) is 19.9. The van der Waals surface area contributed by atoms with Crippen LogP contribution in [0, 0.1) is 0 Å². The van der Waals surface area contributed by atoms with Gasteiger partial charge >= 0.3 is 0 Å².